The molecule has 0 radical (unpaired) electrons. The molecule has 1 atom stereocenters. The van der Waals surface area contributed by atoms with Crippen LogP contribution < -0.4 is 21.3 Å². The van der Waals surface area contributed by atoms with Gasteiger partial charge in [-0.2, -0.15) is 13.2 Å². The van der Waals surface area contributed by atoms with E-state index in [4.69, 9.17) is 16.0 Å². The van der Waals surface area contributed by atoms with Gasteiger partial charge >= 0.3 is 12.1 Å². The van der Waals surface area contributed by atoms with Crippen LogP contribution in [-0.4, -0.2) is 45.6 Å². The molecule has 11 nitrogen and oxygen atoms in total. The van der Waals surface area contributed by atoms with E-state index in [2.05, 4.69) is 14.8 Å². The summed E-state index contributed by atoms with van der Waals surface area (Å²) in [5, 5.41) is 9.13. The molecule has 0 aliphatic rings. The zero-order valence-corrected chi connectivity index (χ0v) is 18.8. The smallest absolute Gasteiger partial charge is 0.441 e. The van der Waals surface area contributed by atoms with Crippen LogP contribution in [0.3, 0.4) is 0 Å². The minimum absolute atomic E-state index is 0.0618. The summed E-state index contributed by atoms with van der Waals surface area (Å²) in [5.41, 5.74) is 7.20. The van der Waals surface area contributed by atoms with Gasteiger partial charge in [0.25, 0.3) is 5.91 Å². The molecule has 6 N–H and O–H groups in total. The number of sulfonamides is 1. The Morgan fingerprint density at radius 3 is 2.40 bits per heavy atom. The highest BCUT2D eigenvalue weighted by molar-refractivity contribution is 7.91. The standard InChI is InChI=1S/C20H22F3N5O6S/c21-20(22,23)18(30)34-16(17(29)26-9-10-33-27-19(24)25)14-7-4-8-15(11-14)28-35(31,32)12-13-5-2-1-3-6-13/h1-8,11,16,28H,9-10,12H2,(H,26,29)(H4,24,25,27). The molecule has 2 rings (SSSR count). The van der Waals surface area contributed by atoms with Crippen LogP contribution in [0.5, 0.6) is 0 Å². The average Bonchev–Trinajstić information content (AvgIpc) is 2.76. The third kappa shape index (κ3) is 9.50. The highest BCUT2D eigenvalue weighted by Crippen LogP contribution is 2.26. The first-order valence-corrected chi connectivity index (χ1v) is 11.4. The summed E-state index contributed by atoms with van der Waals surface area (Å²) in [6.45, 7) is -0.479. The van der Waals surface area contributed by atoms with Gasteiger partial charge in [0.15, 0.2) is 0 Å². The molecule has 15 heteroatoms. The van der Waals surface area contributed by atoms with Gasteiger partial charge in [-0.3, -0.25) is 19.8 Å². The van der Waals surface area contributed by atoms with E-state index in [0.29, 0.717) is 5.56 Å². The predicted molar refractivity (Wildman–Crippen MR) is 118 cm³/mol. The average molecular weight is 517 g/mol. The molecule has 1 unspecified atom stereocenters. The summed E-state index contributed by atoms with van der Waals surface area (Å²) in [7, 11) is -3.91. The first kappa shape index (κ1) is 27.4. The molecule has 0 bridgehead atoms. The van der Waals surface area contributed by atoms with Gasteiger partial charge in [0.2, 0.25) is 22.1 Å². The Labute approximate surface area is 198 Å². The summed E-state index contributed by atoms with van der Waals surface area (Å²) in [6, 6.07) is 13.1. The van der Waals surface area contributed by atoms with Crippen LogP contribution >= 0.6 is 0 Å². The summed E-state index contributed by atoms with van der Waals surface area (Å²) < 4.78 is 69.9. The van der Waals surface area contributed by atoms with Gasteiger partial charge in [0, 0.05) is 17.8 Å². The number of hydrogen-bond donors (Lipinski definition) is 5. The Kier molecular flexibility index (Phi) is 9.42. The fourth-order valence-corrected chi connectivity index (χ4v) is 3.86. The number of alkyl halides is 3. The van der Waals surface area contributed by atoms with Gasteiger partial charge in [-0.1, -0.05) is 42.5 Å². The number of ether oxygens (including phenoxy) is 1. The van der Waals surface area contributed by atoms with Crippen LogP contribution in [0.2, 0.25) is 0 Å². The number of hydrogen-bond acceptors (Lipinski definition) is 7. The van der Waals surface area contributed by atoms with Gasteiger partial charge in [-0.15, -0.1) is 0 Å². The van der Waals surface area contributed by atoms with Crippen LogP contribution in [0.4, 0.5) is 18.9 Å². The number of anilines is 1. The van der Waals surface area contributed by atoms with Gasteiger partial charge in [0.1, 0.15) is 0 Å². The number of guanidine groups is 1. The summed E-state index contributed by atoms with van der Waals surface area (Å²) >= 11 is 0. The fraction of sp³-hybridized carbons (Fsp3) is 0.250. The molecule has 0 fully saturated rings. The van der Waals surface area contributed by atoms with Crippen molar-refractivity contribution >= 4 is 33.5 Å². The van der Waals surface area contributed by atoms with Crippen molar-refractivity contribution in [3.63, 3.8) is 0 Å². The Morgan fingerprint density at radius 2 is 1.77 bits per heavy atom. The highest BCUT2D eigenvalue weighted by atomic mass is 32.2. The number of amides is 1. The molecule has 0 saturated heterocycles. The molecule has 2 aromatic rings. The van der Waals surface area contributed by atoms with Gasteiger partial charge in [-0.05, 0) is 17.7 Å². The van der Waals surface area contributed by atoms with Gasteiger partial charge < -0.3 is 15.8 Å². The lowest BCUT2D eigenvalue weighted by atomic mass is 10.1. The van der Waals surface area contributed by atoms with Gasteiger partial charge in [0.05, 0.1) is 12.4 Å². The van der Waals surface area contributed by atoms with Crippen LogP contribution in [-0.2, 0) is 34.9 Å². The van der Waals surface area contributed by atoms with Crippen LogP contribution in [0.25, 0.3) is 0 Å². The normalized spacial score (nSPS) is 12.3. The maximum atomic E-state index is 12.8. The molecular formula is C20H22F3N5O6S. The maximum Gasteiger partial charge on any atom is 0.490 e. The van der Waals surface area contributed by atoms with Crippen molar-refractivity contribution in [1.82, 2.24) is 10.8 Å². The molecule has 0 aliphatic heterocycles. The lowest BCUT2D eigenvalue weighted by Gasteiger charge is -2.19. The lowest BCUT2D eigenvalue weighted by Crippen LogP contribution is -2.38. The zero-order valence-electron chi connectivity index (χ0n) is 18.0. The number of nitrogens with one attached hydrogen (secondary N) is 4. The van der Waals surface area contributed by atoms with Crippen LogP contribution in [0, 0.1) is 5.41 Å². The second-order valence-corrected chi connectivity index (χ2v) is 8.63. The summed E-state index contributed by atoms with van der Waals surface area (Å²) in [5.74, 6) is -4.63. The van der Waals surface area contributed by atoms with E-state index in [9.17, 15) is 31.2 Å². The first-order chi connectivity index (χ1) is 16.4. The van der Waals surface area contributed by atoms with Crippen molar-refractivity contribution in [2.75, 3.05) is 17.9 Å². The number of carbonyl (C=O) groups excluding carboxylic acids is 2. The summed E-state index contributed by atoms with van der Waals surface area (Å²) in [4.78, 5) is 28.6. The molecule has 35 heavy (non-hydrogen) atoms. The molecule has 1 amide bonds. The number of rotatable bonds is 11. The molecule has 190 valence electrons. The summed E-state index contributed by atoms with van der Waals surface area (Å²) in [6.07, 6.45) is -7.43. The Bertz CT molecular complexity index is 1150. The predicted octanol–water partition coefficient (Wildman–Crippen LogP) is 1.31. The molecule has 0 heterocycles. The van der Waals surface area contributed by atoms with Crippen molar-refractivity contribution in [2.45, 2.75) is 18.0 Å². The van der Waals surface area contributed by atoms with Crippen molar-refractivity contribution in [2.24, 2.45) is 5.73 Å². The largest absolute Gasteiger partial charge is 0.490 e. The first-order valence-electron chi connectivity index (χ1n) is 9.79. The van der Waals surface area contributed by atoms with E-state index in [-0.39, 0.29) is 30.2 Å². The van der Waals surface area contributed by atoms with Crippen molar-refractivity contribution in [1.29, 1.82) is 5.41 Å². The number of esters is 1. The molecule has 0 aliphatic carbocycles. The topological polar surface area (TPSA) is 173 Å². The van der Waals surface area contributed by atoms with Crippen molar-refractivity contribution < 1.29 is 40.8 Å². The molecule has 0 spiro atoms. The Balaban J connectivity index is 2.19. The van der Waals surface area contributed by atoms with E-state index in [1.165, 1.54) is 18.2 Å². The Morgan fingerprint density at radius 1 is 1.09 bits per heavy atom. The minimum atomic E-state index is -5.37. The van der Waals surface area contributed by atoms with Gasteiger partial charge in [-0.25, -0.2) is 18.7 Å². The molecule has 2 aromatic carbocycles. The van der Waals surface area contributed by atoms with E-state index in [1.807, 2.05) is 5.48 Å². The number of carbonyl (C=O) groups is 2. The number of benzene rings is 2. The number of halogens is 3. The van der Waals surface area contributed by atoms with E-state index >= 15 is 0 Å². The minimum Gasteiger partial charge on any atom is -0.441 e. The second-order valence-electron chi connectivity index (χ2n) is 6.91. The highest BCUT2D eigenvalue weighted by Gasteiger charge is 2.43. The quantitative estimate of drug-likeness (QED) is 0.0975. The zero-order chi connectivity index (χ0) is 26.1. The second kappa shape index (κ2) is 12.0. The third-order valence-electron chi connectivity index (χ3n) is 4.04. The van der Waals surface area contributed by atoms with E-state index in [1.54, 1.807) is 30.3 Å². The number of hydroxylamine groups is 1. The number of nitrogens with two attached hydrogens (primary N) is 1. The van der Waals surface area contributed by atoms with Crippen molar-refractivity contribution in [3.8, 4) is 0 Å². The van der Waals surface area contributed by atoms with Crippen LogP contribution in [0.1, 0.15) is 17.2 Å². The van der Waals surface area contributed by atoms with Crippen molar-refractivity contribution in [3.05, 3.63) is 65.7 Å². The lowest BCUT2D eigenvalue weighted by molar-refractivity contribution is -0.205. The molecule has 0 aromatic heterocycles. The maximum absolute atomic E-state index is 12.8. The van der Waals surface area contributed by atoms with E-state index in [0.717, 1.165) is 6.07 Å². The third-order valence-corrected chi connectivity index (χ3v) is 5.30. The monoisotopic (exact) mass is 517 g/mol. The van der Waals surface area contributed by atoms with Crippen LogP contribution in [0.15, 0.2) is 54.6 Å². The SMILES string of the molecule is N=C(N)NOCCNC(=O)C(OC(=O)C(F)(F)F)c1cccc(NS(=O)(=O)Cc2ccccc2)c1. The molecular weight excluding hydrogens is 495 g/mol. The molecule has 0 saturated carbocycles. The fourth-order valence-electron chi connectivity index (χ4n) is 2.67. The van der Waals surface area contributed by atoms with E-state index < -0.39 is 40.1 Å². The Hall–Kier alpha value is -3.85.